The van der Waals surface area contributed by atoms with Gasteiger partial charge in [-0.05, 0) is 61.1 Å². The molecule has 3 heteroatoms. The average Bonchev–Trinajstić information content (AvgIpc) is 2.42. The van der Waals surface area contributed by atoms with Gasteiger partial charge in [-0.2, -0.15) is 0 Å². The summed E-state index contributed by atoms with van der Waals surface area (Å²) in [4.78, 5) is 0. The van der Waals surface area contributed by atoms with Gasteiger partial charge < -0.3 is 10.4 Å². The number of benzene rings is 2. The Hall–Kier alpha value is -1.51. The standard InChI is InChI=1S/C18H20ClNO/c1-12(13-4-3-7-18(21)11-13)20-17-9-15(10-17)14-5-2-6-16(19)8-14/h2-8,11-12,15,17,20-21H,9-10H2,1H3. The Kier molecular flexibility index (Phi) is 4.18. The van der Waals surface area contributed by atoms with Crippen LogP contribution in [0.5, 0.6) is 5.75 Å². The largest absolute Gasteiger partial charge is 0.508 e. The zero-order valence-corrected chi connectivity index (χ0v) is 12.8. The Morgan fingerprint density at radius 2 is 1.90 bits per heavy atom. The molecule has 1 fully saturated rings. The predicted molar refractivity (Wildman–Crippen MR) is 86.9 cm³/mol. The zero-order chi connectivity index (χ0) is 14.8. The van der Waals surface area contributed by atoms with E-state index >= 15 is 0 Å². The molecule has 1 aliphatic rings. The van der Waals surface area contributed by atoms with E-state index in [0.29, 0.717) is 17.7 Å². The van der Waals surface area contributed by atoms with Crippen LogP contribution in [0.25, 0.3) is 0 Å². The number of halogens is 1. The molecule has 0 saturated heterocycles. The first-order chi connectivity index (χ1) is 10.1. The van der Waals surface area contributed by atoms with Crippen molar-refractivity contribution < 1.29 is 5.11 Å². The van der Waals surface area contributed by atoms with Crippen molar-refractivity contribution in [3.8, 4) is 5.75 Å². The summed E-state index contributed by atoms with van der Waals surface area (Å²) in [6.07, 6.45) is 2.28. The molecule has 1 unspecified atom stereocenters. The van der Waals surface area contributed by atoms with Gasteiger partial charge in [-0.25, -0.2) is 0 Å². The Bertz CT molecular complexity index is 622. The van der Waals surface area contributed by atoms with Crippen LogP contribution in [0.4, 0.5) is 0 Å². The van der Waals surface area contributed by atoms with E-state index in [-0.39, 0.29) is 6.04 Å². The fraction of sp³-hybridized carbons (Fsp3) is 0.333. The number of hydrogen-bond acceptors (Lipinski definition) is 2. The van der Waals surface area contributed by atoms with E-state index in [1.807, 2.05) is 30.3 Å². The summed E-state index contributed by atoms with van der Waals surface area (Å²) in [6, 6.07) is 16.4. The number of rotatable bonds is 4. The van der Waals surface area contributed by atoms with Crippen molar-refractivity contribution in [3.63, 3.8) is 0 Å². The molecular weight excluding hydrogens is 282 g/mol. The maximum atomic E-state index is 9.54. The SMILES string of the molecule is CC(NC1CC(c2cccc(Cl)c2)C1)c1cccc(O)c1. The highest BCUT2D eigenvalue weighted by Crippen LogP contribution is 2.38. The Balaban J connectivity index is 1.55. The Labute approximate surface area is 130 Å². The zero-order valence-electron chi connectivity index (χ0n) is 12.1. The molecule has 2 N–H and O–H groups in total. The summed E-state index contributed by atoms with van der Waals surface area (Å²) in [5.41, 5.74) is 2.46. The van der Waals surface area contributed by atoms with E-state index in [1.165, 1.54) is 5.56 Å². The van der Waals surface area contributed by atoms with E-state index in [2.05, 4.69) is 24.4 Å². The van der Waals surface area contributed by atoms with Gasteiger partial charge in [0.15, 0.2) is 0 Å². The molecule has 0 aromatic heterocycles. The topological polar surface area (TPSA) is 32.3 Å². The smallest absolute Gasteiger partial charge is 0.115 e. The minimum atomic E-state index is 0.252. The summed E-state index contributed by atoms with van der Waals surface area (Å²) in [5.74, 6) is 0.934. The number of nitrogens with one attached hydrogen (secondary N) is 1. The van der Waals surface area contributed by atoms with Gasteiger partial charge in [0.25, 0.3) is 0 Å². The van der Waals surface area contributed by atoms with Crippen molar-refractivity contribution in [1.82, 2.24) is 5.32 Å². The van der Waals surface area contributed by atoms with Crippen molar-refractivity contribution >= 4 is 11.6 Å². The lowest BCUT2D eigenvalue weighted by Gasteiger charge is -2.38. The van der Waals surface area contributed by atoms with Gasteiger partial charge >= 0.3 is 0 Å². The molecule has 1 aliphatic carbocycles. The summed E-state index contributed by atoms with van der Waals surface area (Å²) in [5, 5.41) is 14.0. The van der Waals surface area contributed by atoms with Gasteiger partial charge in [0, 0.05) is 17.1 Å². The van der Waals surface area contributed by atoms with Crippen molar-refractivity contribution in [1.29, 1.82) is 0 Å². The lowest BCUT2D eigenvalue weighted by atomic mass is 9.75. The molecule has 0 spiro atoms. The average molecular weight is 302 g/mol. The maximum Gasteiger partial charge on any atom is 0.115 e. The van der Waals surface area contributed by atoms with Gasteiger partial charge in [-0.15, -0.1) is 0 Å². The van der Waals surface area contributed by atoms with E-state index in [9.17, 15) is 5.11 Å². The third kappa shape index (κ3) is 3.39. The monoisotopic (exact) mass is 301 g/mol. The molecule has 1 saturated carbocycles. The van der Waals surface area contributed by atoms with Gasteiger partial charge in [-0.1, -0.05) is 35.9 Å². The van der Waals surface area contributed by atoms with Crippen LogP contribution in [-0.2, 0) is 0 Å². The van der Waals surface area contributed by atoms with E-state index in [4.69, 9.17) is 11.6 Å². The highest BCUT2D eigenvalue weighted by atomic mass is 35.5. The first kappa shape index (κ1) is 14.4. The van der Waals surface area contributed by atoms with Crippen LogP contribution in [0.1, 0.15) is 42.9 Å². The van der Waals surface area contributed by atoms with Crippen LogP contribution in [0, 0.1) is 0 Å². The minimum Gasteiger partial charge on any atom is -0.508 e. The molecule has 0 aliphatic heterocycles. The van der Waals surface area contributed by atoms with Gasteiger partial charge in [-0.3, -0.25) is 0 Å². The molecule has 0 amide bonds. The van der Waals surface area contributed by atoms with Crippen LogP contribution in [-0.4, -0.2) is 11.1 Å². The van der Waals surface area contributed by atoms with Crippen molar-refractivity contribution in [2.75, 3.05) is 0 Å². The van der Waals surface area contributed by atoms with Gasteiger partial charge in [0.05, 0.1) is 0 Å². The van der Waals surface area contributed by atoms with Crippen molar-refractivity contribution in [3.05, 3.63) is 64.7 Å². The van der Waals surface area contributed by atoms with Crippen molar-refractivity contribution in [2.24, 2.45) is 0 Å². The molecule has 2 aromatic rings. The highest BCUT2D eigenvalue weighted by molar-refractivity contribution is 6.30. The lowest BCUT2D eigenvalue weighted by Crippen LogP contribution is -2.41. The summed E-state index contributed by atoms with van der Waals surface area (Å²) in [7, 11) is 0. The summed E-state index contributed by atoms with van der Waals surface area (Å²) >= 11 is 6.05. The molecule has 0 bridgehead atoms. The normalized spacial score (nSPS) is 22.6. The molecular formula is C18H20ClNO. The van der Waals surface area contributed by atoms with E-state index in [0.717, 1.165) is 23.4 Å². The minimum absolute atomic E-state index is 0.252. The molecule has 2 aromatic carbocycles. The third-order valence-electron chi connectivity index (χ3n) is 4.31. The summed E-state index contributed by atoms with van der Waals surface area (Å²) < 4.78 is 0. The Morgan fingerprint density at radius 3 is 2.62 bits per heavy atom. The Morgan fingerprint density at radius 1 is 1.14 bits per heavy atom. The molecule has 110 valence electrons. The third-order valence-corrected chi connectivity index (χ3v) is 4.55. The maximum absolute atomic E-state index is 9.54. The van der Waals surface area contributed by atoms with Crippen LogP contribution in [0.15, 0.2) is 48.5 Å². The predicted octanol–water partition coefficient (Wildman–Crippen LogP) is 4.64. The lowest BCUT2D eigenvalue weighted by molar-refractivity contribution is 0.270. The number of aromatic hydroxyl groups is 1. The van der Waals surface area contributed by atoms with Gasteiger partial charge in [0.1, 0.15) is 5.75 Å². The second-order valence-corrected chi connectivity index (χ2v) is 6.34. The summed E-state index contributed by atoms with van der Waals surface area (Å²) in [6.45, 7) is 2.14. The van der Waals surface area contributed by atoms with Crippen LogP contribution < -0.4 is 5.32 Å². The van der Waals surface area contributed by atoms with Gasteiger partial charge in [0.2, 0.25) is 0 Å². The fourth-order valence-electron chi connectivity index (χ4n) is 3.03. The molecule has 21 heavy (non-hydrogen) atoms. The second kappa shape index (κ2) is 6.08. The van der Waals surface area contributed by atoms with E-state index in [1.54, 1.807) is 6.07 Å². The number of phenols is 1. The van der Waals surface area contributed by atoms with E-state index < -0.39 is 0 Å². The van der Waals surface area contributed by atoms with Crippen molar-refractivity contribution in [2.45, 2.75) is 37.8 Å². The second-order valence-electron chi connectivity index (χ2n) is 5.90. The molecule has 1 atom stereocenters. The fourth-order valence-corrected chi connectivity index (χ4v) is 3.23. The molecule has 3 rings (SSSR count). The number of phenolic OH excluding ortho intramolecular Hbond substituents is 1. The quantitative estimate of drug-likeness (QED) is 0.862. The van der Waals surface area contributed by atoms with Crippen LogP contribution >= 0.6 is 11.6 Å². The first-order valence-corrected chi connectivity index (χ1v) is 7.80. The first-order valence-electron chi connectivity index (χ1n) is 7.42. The molecule has 0 heterocycles. The molecule has 2 nitrogen and oxygen atoms in total. The highest BCUT2D eigenvalue weighted by Gasteiger charge is 2.31. The van der Waals surface area contributed by atoms with Crippen LogP contribution in [0.3, 0.4) is 0 Å². The number of hydrogen-bond donors (Lipinski definition) is 2. The molecule has 0 radical (unpaired) electrons. The van der Waals surface area contributed by atoms with Crippen LogP contribution in [0.2, 0.25) is 5.02 Å².